The van der Waals surface area contributed by atoms with Crippen LogP contribution in [-0.4, -0.2) is 301 Å². The normalized spacial score (nSPS) is 58.2. The van der Waals surface area contributed by atoms with Crippen LogP contribution in [0.1, 0.15) is 114 Å². The SMILES string of the molecule is CC1O[C@@H](OC2C(O)[C@@H](O)C(C)O[C@H]2OC2C(O)[C@@H](O)C(CO)O[C@H]2OC2C(O[C@@H]3OC(CO)[C@H](O)C(O)C3O)[C@H](O[C@H]3CC[C@@]4(C)C(CC[C@]5(C)C4CC[C@]46O[C@H](O)[C@]7(C4CC(C)(C)[C@@H](O)[C@@H]7O)[C@H](O)C[C@]65C)C3(C)C)OC(C(=O)O)[C@H]2O)C(O)C(O)[C@H]1O. The summed E-state index contributed by atoms with van der Waals surface area (Å²) in [6.07, 6.45) is -50.4. The van der Waals surface area contributed by atoms with E-state index in [0.29, 0.717) is 38.5 Å². The average Bonchev–Trinajstić information content (AvgIpc) is 1.37. The number of ether oxygens (including phenoxy) is 11. The first-order valence-corrected chi connectivity index (χ1v) is 31.8. The van der Waals surface area contributed by atoms with E-state index in [4.69, 9.17) is 52.1 Å². The van der Waals surface area contributed by atoms with Gasteiger partial charge >= 0.3 is 5.97 Å². The van der Waals surface area contributed by atoms with E-state index in [1.165, 1.54) is 13.8 Å². The van der Waals surface area contributed by atoms with Gasteiger partial charge in [0.25, 0.3) is 0 Å². The van der Waals surface area contributed by atoms with E-state index in [9.17, 15) is 96.7 Å². The van der Waals surface area contributed by atoms with E-state index in [2.05, 4.69) is 20.8 Å². The highest BCUT2D eigenvalue weighted by Gasteiger charge is 2.85. The summed E-state index contributed by atoms with van der Waals surface area (Å²) in [5, 5.41) is 203. The number of carboxylic acids is 1. The van der Waals surface area contributed by atoms with Gasteiger partial charge in [0.2, 0.25) is 0 Å². The fourth-order valence-corrected chi connectivity index (χ4v) is 19.6. The molecule has 5 aliphatic carbocycles. The molecule has 1 spiro atoms. The second kappa shape index (κ2) is 24.4. The maximum atomic E-state index is 13.4. The Bertz CT molecular complexity index is 2550. The minimum atomic E-state index is -2.35. The minimum absolute atomic E-state index is 0.0252. The lowest BCUT2D eigenvalue weighted by Gasteiger charge is -2.75. The quantitative estimate of drug-likeness (QED) is 0.0767. The first-order chi connectivity index (χ1) is 41.9. The van der Waals surface area contributed by atoms with Gasteiger partial charge in [0, 0.05) is 11.3 Å². The lowest BCUT2D eigenvalue weighted by atomic mass is 9.30. The summed E-state index contributed by atoms with van der Waals surface area (Å²) in [4.78, 5) is 13.4. The fraction of sp³-hybridized carbons (Fsp3) is 0.983. The summed E-state index contributed by atoms with van der Waals surface area (Å²) < 4.78 is 68.5. The van der Waals surface area contributed by atoms with Crippen LogP contribution in [0.25, 0.3) is 0 Å². The van der Waals surface area contributed by atoms with Crippen LogP contribution in [0.15, 0.2) is 0 Å². The van der Waals surface area contributed by atoms with Crippen LogP contribution in [0.3, 0.4) is 0 Å². The van der Waals surface area contributed by atoms with Crippen LogP contribution >= 0.6 is 0 Å². The molecule has 0 aromatic rings. The Balaban J connectivity index is 0.914. The van der Waals surface area contributed by atoms with Gasteiger partial charge in [0.05, 0.1) is 60.9 Å². The van der Waals surface area contributed by atoms with Gasteiger partial charge < -0.3 is 144 Å². The van der Waals surface area contributed by atoms with Gasteiger partial charge in [-0.1, -0.05) is 48.5 Å². The molecule has 11 fully saturated rings. The smallest absolute Gasteiger partial charge is 0.335 e. The lowest BCUT2D eigenvalue weighted by molar-refractivity contribution is -0.412. The van der Waals surface area contributed by atoms with Crippen molar-refractivity contribution in [3.05, 3.63) is 0 Å². The standard InChI is InChI=1S/C60H98O30/c1-20-29(64)33(68)37(72)48(80-20)87-42-35(70)30(65)21(2)81-50(42)88-43-36(71)32(67)23(19-62)83-51(43)85-40-39(74)41(47(77)78)86-52(44(40)89-49-38(73)34(69)31(66)22(18-61)82-49)84-28-12-13-56(7)24(55(28,5)6)10-14-57(8)25(56)11-15-59-26-16-54(3,4)45(75)46(76)60(26,53(79)90-59)27(63)17-58(57,59)9/h20-46,48-53,61-76,79H,10-19H2,1-9H3,(H,77,78)/t20?,21?,22?,23?,24?,25?,26?,27-,28+,29+,30+,31+,32+,33?,34?,35?,36?,37?,38?,39+,40?,41?,42?,43?,44?,45+,46+,48+,49+,50+,51+,52-,53+,56+,57-,58+,59+,60-/m1/s1. The molecule has 38 atom stereocenters. The molecule has 30 nitrogen and oxygen atoms in total. The van der Waals surface area contributed by atoms with E-state index in [0.717, 1.165) is 0 Å². The second-order valence-electron chi connectivity index (χ2n) is 30.1. The predicted octanol–water partition coefficient (Wildman–Crippen LogP) is -5.12. The minimum Gasteiger partial charge on any atom is -0.479 e. The predicted molar refractivity (Wildman–Crippen MR) is 296 cm³/mol. The molecule has 5 saturated carbocycles. The Kier molecular flexibility index (Phi) is 18.9. The molecule has 90 heavy (non-hydrogen) atoms. The zero-order valence-corrected chi connectivity index (χ0v) is 52.1. The van der Waals surface area contributed by atoms with Crippen LogP contribution in [-0.2, 0) is 56.9 Å². The lowest BCUT2D eigenvalue weighted by Crippen LogP contribution is -2.76. The van der Waals surface area contributed by atoms with Crippen molar-refractivity contribution in [3.63, 3.8) is 0 Å². The first-order valence-electron chi connectivity index (χ1n) is 31.8. The van der Waals surface area contributed by atoms with Gasteiger partial charge in [0.15, 0.2) is 43.8 Å². The molecular weight excluding hydrogens is 1200 g/mol. The van der Waals surface area contributed by atoms with Gasteiger partial charge in [-0.25, -0.2) is 4.79 Å². The van der Waals surface area contributed by atoms with Gasteiger partial charge in [-0.3, -0.25) is 0 Å². The molecule has 0 aromatic heterocycles. The Morgan fingerprint density at radius 2 is 0.956 bits per heavy atom. The third-order valence-electron chi connectivity index (χ3n) is 24.9. The Morgan fingerprint density at radius 1 is 0.467 bits per heavy atom. The molecule has 6 aliphatic heterocycles. The van der Waals surface area contributed by atoms with Crippen molar-refractivity contribution in [1.29, 1.82) is 0 Å². The topological polar surface area (TPSA) is 483 Å². The van der Waals surface area contributed by atoms with Gasteiger partial charge in [-0.05, 0) is 98.7 Å². The van der Waals surface area contributed by atoms with E-state index in [-0.39, 0.29) is 24.7 Å². The summed E-state index contributed by atoms with van der Waals surface area (Å²) in [5.41, 5.74) is -5.87. The highest BCUT2D eigenvalue weighted by molar-refractivity contribution is 5.73. The van der Waals surface area contributed by atoms with Crippen LogP contribution in [0, 0.1) is 50.2 Å². The molecule has 11 aliphatic rings. The molecule has 6 saturated heterocycles. The number of aliphatic carboxylic acids is 1. The van der Waals surface area contributed by atoms with Crippen LogP contribution in [0.4, 0.5) is 0 Å². The number of hydrogen-bond donors (Lipinski definition) is 18. The summed E-state index contributed by atoms with van der Waals surface area (Å²) in [5.74, 6) is -2.44. The number of carbonyl (C=O) groups is 1. The van der Waals surface area contributed by atoms with Crippen molar-refractivity contribution in [1.82, 2.24) is 0 Å². The number of aliphatic hydroxyl groups is 17. The van der Waals surface area contributed by atoms with Crippen LogP contribution in [0.2, 0.25) is 0 Å². The Hall–Kier alpha value is -1.65. The molecule has 18 N–H and O–H groups in total. The van der Waals surface area contributed by atoms with Crippen molar-refractivity contribution in [2.24, 2.45) is 50.2 Å². The molecule has 2 bridgehead atoms. The summed E-state index contributed by atoms with van der Waals surface area (Å²) in [6, 6.07) is 0. The monoisotopic (exact) mass is 1300 g/mol. The molecule has 11 rings (SSSR count). The van der Waals surface area contributed by atoms with E-state index >= 15 is 0 Å². The summed E-state index contributed by atoms with van der Waals surface area (Å²) in [7, 11) is 0. The van der Waals surface area contributed by atoms with Gasteiger partial charge in [-0.2, -0.15) is 0 Å². The highest BCUT2D eigenvalue weighted by Crippen LogP contribution is 2.81. The van der Waals surface area contributed by atoms with Crippen molar-refractivity contribution in [2.45, 2.75) is 304 Å². The number of rotatable bonds is 13. The zero-order chi connectivity index (χ0) is 66.0. The molecule has 30 heteroatoms. The number of aliphatic hydroxyl groups excluding tert-OH is 17. The van der Waals surface area contributed by atoms with Crippen LogP contribution in [0.5, 0.6) is 0 Å². The van der Waals surface area contributed by atoms with Crippen molar-refractivity contribution >= 4 is 5.97 Å². The molecule has 6 heterocycles. The fourth-order valence-electron chi connectivity index (χ4n) is 19.6. The van der Waals surface area contributed by atoms with Crippen LogP contribution < -0.4 is 0 Å². The van der Waals surface area contributed by atoms with Crippen molar-refractivity contribution in [3.8, 4) is 0 Å². The summed E-state index contributed by atoms with van der Waals surface area (Å²) in [6.45, 7) is 15.1. The Labute approximate surface area is 520 Å². The van der Waals surface area contributed by atoms with E-state index < -0.39 is 247 Å². The third-order valence-corrected chi connectivity index (χ3v) is 24.9. The van der Waals surface area contributed by atoms with Gasteiger partial charge in [0.1, 0.15) is 104 Å². The number of carboxylic acid groups (broad SMARTS) is 1. The maximum Gasteiger partial charge on any atom is 0.335 e. The van der Waals surface area contributed by atoms with E-state index in [1.54, 1.807) is 0 Å². The molecule has 0 amide bonds. The number of hydrogen-bond acceptors (Lipinski definition) is 29. The van der Waals surface area contributed by atoms with Crippen molar-refractivity contribution < 1.29 is 149 Å². The molecule has 0 aromatic carbocycles. The molecular formula is C60H98O30. The zero-order valence-electron chi connectivity index (χ0n) is 52.1. The largest absolute Gasteiger partial charge is 0.479 e. The highest BCUT2D eigenvalue weighted by atomic mass is 16.8. The van der Waals surface area contributed by atoms with Gasteiger partial charge in [-0.15, -0.1) is 0 Å². The first kappa shape index (κ1) is 69.7. The maximum absolute atomic E-state index is 13.4. The average molecular weight is 1300 g/mol. The molecule has 0 radical (unpaired) electrons. The molecule has 18 unspecified atom stereocenters. The Morgan fingerprint density at radius 3 is 1.57 bits per heavy atom. The van der Waals surface area contributed by atoms with E-state index in [1.807, 2.05) is 27.7 Å². The second-order valence-corrected chi connectivity index (χ2v) is 30.1. The number of fused-ring (bicyclic) bond motifs is 4. The summed E-state index contributed by atoms with van der Waals surface area (Å²) >= 11 is 0. The van der Waals surface area contributed by atoms with Crippen molar-refractivity contribution in [2.75, 3.05) is 13.2 Å². The third kappa shape index (κ3) is 10.3. The molecule has 518 valence electrons.